The molecule has 1 N–H and O–H groups in total. The van der Waals surface area contributed by atoms with Crippen molar-refractivity contribution in [2.24, 2.45) is 0 Å². The zero-order valence-electron chi connectivity index (χ0n) is 19.5. The van der Waals surface area contributed by atoms with Gasteiger partial charge in [-0.3, -0.25) is 4.90 Å². The molecule has 0 saturated heterocycles. The molecule has 0 bridgehead atoms. The average Bonchev–Trinajstić information content (AvgIpc) is 2.62. The normalized spacial score (nSPS) is 13.6. The number of aliphatic hydroxyl groups is 1. The van der Waals surface area contributed by atoms with Gasteiger partial charge in [-0.15, -0.1) is 0 Å². The highest BCUT2D eigenvalue weighted by Gasteiger charge is 2.33. The topological polar surface area (TPSA) is 85.3 Å². The second kappa shape index (κ2) is 11.4. The summed E-state index contributed by atoms with van der Waals surface area (Å²) in [6.07, 6.45) is 3.62. The molecule has 0 radical (unpaired) electrons. The Morgan fingerprint density at radius 3 is 2.13 bits per heavy atom. The van der Waals surface area contributed by atoms with Gasteiger partial charge in [0, 0.05) is 18.7 Å². The van der Waals surface area contributed by atoms with E-state index < -0.39 is 29.3 Å². The average molecular weight is 434 g/mol. The first-order chi connectivity index (χ1) is 14.3. The number of carbonyl (C=O) groups excluding carboxylic acids is 2. The van der Waals surface area contributed by atoms with Crippen molar-refractivity contribution >= 4 is 12.1 Å². The lowest BCUT2D eigenvalue weighted by atomic mass is 10.0. The fraction of sp³-hybridized carbons (Fsp3) is 0.500. The zero-order valence-corrected chi connectivity index (χ0v) is 19.5. The molecular formula is C24H35NO6. The van der Waals surface area contributed by atoms with Crippen molar-refractivity contribution in [3.05, 3.63) is 60.2 Å². The molecule has 0 aliphatic heterocycles. The first-order valence-electron chi connectivity index (χ1n) is 10.3. The van der Waals surface area contributed by atoms with Crippen molar-refractivity contribution < 1.29 is 28.9 Å². The van der Waals surface area contributed by atoms with Gasteiger partial charge in [0.2, 0.25) is 0 Å². The number of hydrogen-bond donors (Lipinski definition) is 1. The number of nitrogens with zero attached hydrogens (tertiary/aromatic N) is 1. The molecule has 1 aromatic rings. The van der Waals surface area contributed by atoms with E-state index in [9.17, 15) is 14.7 Å². The van der Waals surface area contributed by atoms with Crippen molar-refractivity contribution in [3.8, 4) is 0 Å². The maximum Gasteiger partial charge on any atom is 0.415 e. The number of esters is 1. The summed E-state index contributed by atoms with van der Waals surface area (Å²) in [5, 5.41) is 9.95. The van der Waals surface area contributed by atoms with Gasteiger partial charge in [0.15, 0.2) is 0 Å². The van der Waals surface area contributed by atoms with Crippen LogP contribution in [0.1, 0.15) is 54.0 Å². The first kappa shape index (κ1) is 26.1. The molecule has 0 saturated carbocycles. The van der Waals surface area contributed by atoms with Gasteiger partial charge in [0.1, 0.15) is 17.2 Å². The number of ether oxygens (including phenoxy) is 3. The minimum Gasteiger partial charge on any atom is -0.481 e. The molecule has 1 rings (SSSR count). The van der Waals surface area contributed by atoms with Gasteiger partial charge in [-0.2, -0.15) is 0 Å². The van der Waals surface area contributed by atoms with E-state index in [1.165, 1.54) is 23.3 Å². The predicted octanol–water partition coefficient (Wildman–Crippen LogP) is 5.13. The molecule has 31 heavy (non-hydrogen) atoms. The van der Waals surface area contributed by atoms with Crippen molar-refractivity contribution in [1.29, 1.82) is 0 Å². The van der Waals surface area contributed by atoms with Crippen LogP contribution in [0.5, 0.6) is 0 Å². The number of amides is 1. The fourth-order valence-corrected chi connectivity index (χ4v) is 2.54. The number of aliphatic hydroxyl groups excluding tert-OH is 1. The Morgan fingerprint density at radius 1 is 1.03 bits per heavy atom. The van der Waals surface area contributed by atoms with Gasteiger partial charge in [0.25, 0.3) is 5.95 Å². The third-order valence-electron chi connectivity index (χ3n) is 3.67. The van der Waals surface area contributed by atoms with E-state index in [-0.39, 0.29) is 19.0 Å². The Morgan fingerprint density at radius 2 is 1.61 bits per heavy atom. The molecule has 1 atom stereocenters. The third-order valence-corrected chi connectivity index (χ3v) is 3.67. The van der Waals surface area contributed by atoms with E-state index in [0.29, 0.717) is 0 Å². The van der Waals surface area contributed by atoms with Crippen LogP contribution in [0.25, 0.3) is 0 Å². The lowest BCUT2D eigenvalue weighted by Crippen LogP contribution is -2.46. The summed E-state index contributed by atoms with van der Waals surface area (Å²) < 4.78 is 16.1. The van der Waals surface area contributed by atoms with Crippen LogP contribution in [0.4, 0.5) is 4.79 Å². The Kier molecular flexibility index (Phi) is 9.62. The van der Waals surface area contributed by atoms with Crippen LogP contribution < -0.4 is 0 Å². The molecule has 172 valence electrons. The monoisotopic (exact) mass is 433 g/mol. The third kappa shape index (κ3) is 10.6. The van der Waals surface area contributed by atoms with Crippen LogP contribution in [-0.4, -0.2) is 45.9 Å². The maximum atomic E-state index is 12.9. The van der Waals surface area contributed by atoms with Gasteiger partial charge in [0.05, 0.1) is 6.61 Å². The van der Waals surface area contributed by atoms with E-state index >= 15 is 0 Å². The smallest absolute Gasteiger partial charge is 0.415 e. The highest BCUT2D eigenvalue weighted by Crippen LogP contribution is 2.18. The summed E-state index contributed by atoms with van der Waals surface area (Å²) in [4.78, 5) is 26.9. The Hall–Kier alpha value is -2.96. The fourth-order valence-electron chi connectivity index (χ4n) is 2.54. The molecule has 1 amide bonds. The Bertz CT molecular complexity index is 771. The molecule has 0 heterocycles. The molecule has 7 nitrogen and oxygen atoms in total. The molecular weight excluding hydrogens is 398 g/mol. The SMILES string of the molecule is CCOC(=O)[C@H](Cc1ccccc1)N(/C=C/C=C(O)OC(C)(C)C)C(=O)OC(C)(C)C. The van der Waals surface area contributed by atoms with Crippen LogP contribution in [0.15, 0.2) is 54.6 Å². The molecule has 0 aliphatic rings. The van der Waals surface area contributed by atoms with Gasteiger partial charge in [-0.05, 0) is 60.1 Å². The van der Waals surface area contributed by atoms with Crippen LogP contribution in [0.2, 0.25) is 0 Å². The minimum atomic E-state index is -0.951. The van der Waals surface area contributed by atoms with E-state index in [2.05, 4.69) is 0 Å². The lowest BCUT2D eigenvalue weighted by molar-refractivity contribution is -0.148. The molecule has 7 heteroatoms. The lowest BCUT2D eigenvalue weighted by Gasteiger charge is -2.30. The molecule has 0 aliphatic carbocycles. The molecule has 1 aromatic carbocycles. The van der Waals surface area contributed by atoms with Gasteiger partial charge < -0.3 is 19.3 Å². The van der Waals surface area contributed by atoms with Gasteiger partial charge in [-0.1, -0.05) is 30.3 Å². The Balaban J connectivity index is 3.27. The summed E-state index contributed by atoms with van der Waals surface area (Å²) >= 11 is 0. The summed E-state index contributed by atoms with van der Waals surface area (Å²) in [6, 6.07) is 8.37. The predicted molar refractivity (Wildman–Crippen MR) is 119 cm³/mol. The van der Waals surface area contributed by atoms with Gasteiger partial charge in [-0.25, -0.2) is 9.59 Å². The van der Waals surface area contributed by atoms with Crippen LogP contribution >= 0.6 is 0 Å². The quantitative estimate of drug-likeness (QED) is 0.348. The number of hydrogen-bond acceptors (Lipinski definition) is 6. The number of carbonyl (C=O) groups is 2. The molecule has 0 aromatic heterocycles. The second-order valence-corrected chi connectivity index (χ2v) is 8.91. The number of allylic oxidation sites excluding steroid dienone is 2. The highest BCUT2D eigenvalue weighted by molar-refractivity contribution is 5.82. The summed E-state index contributed by atoms with van der Waals surface area (Å²) in [7, 11) is 0. The van der Waals surface area contributed by atoms with Crippen molar-refractivity contribution in [2.45, 2.75) is 72.1 Å². The summed E-state index contributed by atoms with van der Waals surface area (Å²) in [5.41, 5.74) is -0.486. The molecule has 0 fully saturated rings. The van der Waals surface area contributed by atoms with Crippen LogP contribution in [0, 0.1) is 0 Å². The second-order valence-electron chi connectivity index (χ2n) is 8.91. The standard InChI is InChI=1S/C24H35NO6/c1-8-29-21(27)19(17-18-13-10-9-11-14-18)25(22(28)31-24(5,6)7)16-12-15-20(26)30-23(2,3)4/h9-16,19,26H,8,17H2,1-7H3/b16-12+,20-15?/t19-/m0/s1. The number of rotatable bonds is 8. The minimum absolute atomic E-state index is 0.177. The zero-order chi connectivity index (χ0) is 23.7. The van der Waals surface area contributed by atoms with Crippen molar-refractivity contribution in [1.82, 2.24) is 4.90 Å². The maximum absolute atomic E-state index is 12.9. The largest absolute Gasteiger partial charge is 0.481 e. The van der Waals surface area contributed by atoms with Gasteiger partial charge >= 0.3 is 12.1 Å². The molecule has 0 spiro atoms. The highest BCUT2D eigenvalue weighted by atomic mass is 16.6. The first-order valence-corrected chi connectivity index (χ1v) is 10.3. The van der Waals surface area contributed by atoms with E-state index in [1.807, 2.05) is 30.3 Å². The van der Waals surface area contributed by atoms with Crippen LogP contribution in [0.3, 0.4) is 0 Å². The van der Waals surface area contributed by atoms with E-state index in [1.54, 1.807) is 48.5 Å². The summed E-state index contributed by atoms with van der Waals surface area (Å²) in [5.74, 6) is -0.871. The van der Waals surface area contributed by atoms with Crippen molar-refractivity contribution in [3.63, 3.8) is 0 Å². The Labute approximate surface area is 185 Å². The van der Waals surface area contributed by atoms with Crippen LogP contribution in [-0.2, 0) is 25.4 Å². The summed E-state index contributed by atoms with van der Waals surface area (Å²) in [6.45, 7) is 12.5. The van der Waals surface area contributed by atoms with E-state index in [4.69, 9.17) is 14.2 Å². The number of benzene rings is 1. The van der Waals surface area contributed by atoms with Crippen molar-refractivity contribution in [2.75, 3.05) is 6.61 Å². The van der Waals surface area contributed by atoms with E-state index in [0.717, 1.165) is 5.56 Å². The molecule has 0 unspecified atom stereocenters.